The monoisotopic (exact) mass is 1010 g/mol. The zero-order chi connectivity index (χ0) is 15.5. The third-order valence-corrected chi connectivity index (χ3v) is 4.17. The van der Waals surface area contributed by atoms with Crippen LogP contribution in [0.5, 0.6) is 0 Å². The van der Waals surface area contributed by atoms with Crippen LogP contribution in [-0.4, -0.2) is 44.2 Å². The number of nitrogens with two attached hydrogens (primary N) is 1. The molecular weight excluding hydrogens is 952 g/mol. The van der Waals surface area contributed by atoms with Crippen molar-refractivity contribution in [1.82, 2.24) is 10.2 Å². The minimum absolute atomic E-state index is 0. The summed E-state index contributed by atoms with van der Waals surface area (Å²) in [6, 6.07) is 1.96. The van der Waals surface area contributed by atoms with Crippen molar-refractivity contribution in [3.05, 3.63) is 103 Å². The first kappa shape index (κ1) is 76.5. The van der Waals surface area contributed by atoms with Gasteiger partial charge in [-0.25, -0.2) is 0 Å². The Balaban J connectivity index is -0.0000000170. The molecule has 0 bridgehead atoms. The van der Waals surface area contributed by atoms with Gasteiger partial charge in [-0.3, -0.25) is 0 Å². The van der Waals surface area contributed by atoms with Crippen LogP contribution in [0.3, 0.4) is 0 Å². The molecule has 6 heteroatoms. The smallest absolute Gasteiger partial charge is 0.358 e. The molecule has 210 valence electrons. The molecule has 0 atom stereocenters. The third kappa shape index (κ3) is 40.6. The minimum atomic E-state index is 0. The van der Waals surface area contributed by atoms with Crippen LogP contribution in [-0.2, 0) is 63.2 Å². The van der Waals surface area contributed by atoms with Crippen LogP contribution in [0.15, 0.2) is 36.5 Å². The van der Waals surface area contributed by atoms with Gasteiger partial charge in [0.1, 0.15) is 0 Å². The van der Waals surface area contributed by atoms with Gasteiger partial charge in [-0.2, -0.15) is 0 Å². The Morgan fingerprint density at radius 2 is 0.848 bits per heavy atom. The fourth-order valence-electron chi connectivity index (χ4n) is 2.52. The molecule has 0 fully saturated rings. The van der Waals surface area contributed by atoms with Gasteiger partial charge in [0.15, 0.2) is 0 Å². The van der Waals surface area contributed by atoms with E-state index in [9.17, 15) is 0 Å². The maximum absolute atomic E-state index is 5.47. The van der Waals surface area contributed by atoms with Crippen LogP contribution in [0.1, 0.15) is 38.5 Å². The summed E-state index contributed by atoms with van der Waals surface area (Å²) >= 11 is 0. The quantitative estimate of drug-likeness (QED) is 0.234. The van der Waals surface area contributed by atoms with Gasteiger partial charge in [0, 0.05) is 18.1 Å². The van der Waals surface area contributed by atoms with E-state index in [-0.39, 0.29) is 130 Å². The number of hydrogen-bond donors (Lipinski definition) is 2. The van der Waals surface area contributed by atoms with E-state index in [1.54, 1.807) is 0 Å². The van der Waals surface area contributed by atoms with Crippen molar-refractivity contribution in [3.8, 4) is 0 Å². The topological polar surface area (TPSA) is 41.3 Å². The normalized spacial score (nSPS) is 13.7. The molecule has 0 saturated carbocycles. The van der Waals surface area contributed by atoms with Crippen molar-refractivity contribution in [1.29, 1.82) is 0 Å². The van der Waals surface area contributed by atoms with E-state index in [1.165, 1.54) is 25.7 Å². The maximum atomic E-state index is 5.47. The van der Waals surface area contributed by atoms with Crippen LogP contribution in [0, 0.1) is 66.8 Å². The van der Waals surface area contributed by atoms with Gasteiger partial charge >= 0.3 is 63.2 Å². The van der Waals surface area contributed by atoms with Crippen LogP contribution in [0.2, 0.25) is 0 Å². The molecule has 3 nitrogen and oxygen atoms in total. The molecule has 3 N–H and O–H groups in total. The molecule has 33 heavy (non-hydrogen) atoms. The Labute approximate surface area is 258 Å². The Morgan fingerprint density at radius 1 is 0.576 bits per heavy atom. The van der Waals surface area contributed by atoms with Crippen molar-refractivity contribution < 1.29 is 63.2 Å². The fourth-order valence-corrected chi connectivity index (χ4v) is 2.52. The average Bonchev–Trinajstić information content (AvgIpc) is 3.23. The zero-order valence-corrected chi connectivity index (χ0v) is 30.7. The van der Waals surface area contributed by atoms with E-state index in [0.29, 0.717) is 6.04 Å². The first-order valence-corrected chi connectivity index (χ1v) is 8.17. The molecule has 3 rings (SSSR count). The standard InChI is InChI=1S/C7H13N.C6H11N.C5H9N.9CH3.3Pt/c1-8(2)7-5-3-4-6-7;1-7-6-4-2-3-5-6;6-5-3-1-2-4-5;;;;;;;;;;;;/h3-4,7H,5-6H2,1-2H3;2-3,6-7H,4-5H2,1H3;1-2,5H,3-4,6H2;9*1H3;;;/q;;;9*-1;3*+4. The van der Waals surface area contributed by atoms with Crippen LogP contribution < -0.4 is 11.1 Å². The first-order chi connectivity index (χ1) is 10.1. The number of nitrogens with zero attached hydrogens (tertiary/aromatic N) is 1. The maximum Gasteiger partial charge on any atom is 4.00 e. The van der Waals surface area contributed by atoms with Crippen molar-refractivity contribution >= 4 is 0 Å². The Bertz CT molecular complexity index is 337. The molecule has 0 radical (unpaired) electrons. The second-order valence-corrected chi connectivity index (χ2v) is 6.19. The summed E-state index contributed by atoms with van der Waals surface area (Å²) in [6.07, 6.45) is 20.3. The largest absolute Gasteiger partial charge is 4.00 e. The predicted octanol–water partition coefficient (Wildman–Crippen LogP) is 6.90. The van der Waals surface area contributed by atoms with E-state index in [4.69, 9.17) is 5.73 Å². The van der Waals surface area contributed by atoms with Crippen molar-refractivity contribution in [2.45, 2.75) is 56.7 Å². The summed E-state index contributed by atoms with van der Waals surface area (Å²) in [4.78, 5) is 2.28. The fraction of sp³-hybridized carbons (Fsp3) is 0.444. The summed E-state index contributed by atoms with van der Waals surface area (Å²) in [5.74, 6) is 0. The zero-order valence-electron chi connectivity index (χ0n) is 23.9. The molecule has 0 heterocycles. The van der Waals surface area contributed by atoms with Gasteiger partial charge in [-0.15, -0.1) is 0 Å². The van der Waals surface area contributed by atoms with Gasteiger partial charge in [0.2, 0.25) is 0 Å². The van der Waals surface area contributed by atoms with Gasteiger partial charge in [0.05, 0.1) is 0 Å². The molecule has 0 unspecified atom stereocenters. The van der Waals surface area contributed by atoms with Crippen LogP contribution >= 0.6 is 0 Å². The van der Waals surface area contributed by atoms with Gasteiger partial charge in [-0.1, -0.05) is 36.5 Å². The summed E-state index contributed by atoms with van der Waals surface area (Å²) < 4.78 is 0. The first-order valence-electron chi connectivity index (χ1n) is 8.17. The van der Waals surface area contributed by atoms with Crippen molar-refractivity contribution in [2.24, 2.45) is 5.73 Å². The van der Waals surface area contributed by atoms with Gasteiger partial charge in [0.25, 0.3) is 0 Å². The molecule has 0 aromatic rings. The summed E-state index contributed by atoms with van der Waals surface area (Å²) in [6.45, 7) is 0. The number of hydrogen-bond acceptors (Lipinski definition) is 3. The van der Waals surface area contributed by atoms with Crippen molar-refractivity contribution in [3.63, 3.8) is 0 Å². The molecular formula is C27H60N3Pt3+3. The van der Waals surface area contributed by atoms with E-state index in [1.807, 2.05) is 7.05 Å². The SMILES string of the molecule is CN(C)C1CC=CC1.CNC1CC=CC1.NC1CC=CC1.[CH3-].[CH3-].[CH3-].[CH3-].[CH3-].[CH3-].[CH3-].[CH3-].[CH3-].[Pt+4].[Pt+4].[Pt+4]. The van der Waals surface area contributed by atoms with E-state index in [0.717, 1.165) is 24.9 Å². The predicted molar refractivity (Wildman–Crippen MR) is 151 cm³/mol. The second kappa shape index (κ2) is 50.1. The molecule has 3 aliphatic rings. The summed E-state index contributed by atoms with van der Waals surface area (Å²) in [5, 5.41) is 3.20. The minimum Gasteiger partial charge on any atom is -0.358 e. The molecule has 0 amide bonds. The van der Waals surface area contributed by atoms with Crippen LogP contribution in [0.25, 0.3) is 0 Å². The Kier molecular flexibility index (Phi) is 116. The number of nitrogens with one attached hydrogen (secondary N) is 1. The average molecular weight is 1010 g/mol. The van der Waals surface area contributed by atoms with Gasteiger partial charge < -0.3 is 82.8 Å². The van der Waals surface area contributed by atoms with E-state index >= 15 is 0 Å². The molecule has 0 aromatic carbocycles. The third-order valence-electron chi connectivity index (χ3n) is 4.17. The molecule has 0 aliphatic heterocycles. The Hall–Kier alpha value is 1.16. The Morgan fingerprint density at radius 3 is 1.00 bits per heavy atom. The van der Waals surface area contributed by atoms with E-state index < -0.39 is 0 Å². The molecule has 0 saturated heterocycles. The summed E-state index contributed by atoms with van der Waals surface area (Å²) in [5.41, 5.74) is 5.47. The van der Waals surface area contributed by atoms with E-state index in [2.05, 4.69) is 60.8 Å². The van der Waals surface area contributed by atoms with Crippen LogP contribution in [0.4, 0.5) is 0 Å². The number of rotatable bonds is 2. The molecule has 0 spiro atoms. The summed E-state index contributed by atoms with van der Waals surface area (Å²) in [7, 11) is 6.28. The van der Waals surface area contributed by atoms with Gasteiger partial charge in [-0.05, 0) is 59.7 Å². The van der Waals surface area contributed by atoms with Crippen molar-refractivity contribution in [2.75, 3.05) is 21.1 Å². The molecule has 3 aliphatic carbocycles. The second-order valence-electron chi connectivity index (χ2n) is 6.19. The molecule has 0 aromatic heterocycles.